The maximum absolute atomic E-state index is 3.22. The number of benzene rings is 2. The first-order valence-corrected chi connectivity index (χ1v) is 6.29. The molecule has 18 heavy (non-hydrogen) atoms. The highest BCUT2D eigenvalue weighted by Gasteiger charge is 2.06. The fourth-order valence-electron chi connectivity index (χ4n) is 2.17. The van der Waals surface area contributed by atoms with Gasteiger partial charge in [0.15, 0.2) is 0 Å². The quantitative estimate of drug-likeness (QED) is 0.864. The fourth-order valence-corrected chi connectivity index (χ4v) is 2.17. The fraction of sp³-hybridized carbons (Fsp3) is 0.250. The molecule has 0 atom stereocenters. The smallest absolute Gasteiger partial charge is 0.0426 e. The van der Waals surface area contributed by atoms with Crippen molar-refractivity contribution in [2.45, 2.75) is 13.1 Å². The Morgan fingerprint density at radius 3 is 2.33 bits per heavy atom. The summed E-state index contributed by atoms with van der Waals surface area (Å²) in [5.74, 6) is 0. The van der Waals surface area contributed by atoms with Crippen LogP contribution in [0.25, 0.3) is 0 Å². The van der Waals surface area contributed by atoms with Gasteiger partial charge in [-0.3, -0.25) is 0 Å². The van der Waals surface area contributed by atoms with Crippen molar-refractivity contribution in [3.63, 3.8) is 0 Å². The van der Waals surface area contributed by atoms with Gasteiger partial charge in [0, 0.05) is 25.8 Å². The van der Waals surface area contributed by atoms with E-state index in [1.165, 1.54) is 16.8 Å². The summed E-state index contributed by atoms with van der Waals surface area (Å²) >= 11 is 0. The monoisotopic (exact) mass is 240 g/mol. The zero-order valence-electron chi connectivity index (χ0n) is 11.1. The first-order chi connectivity index (χ1) is 8.81. The van der Waals surface area contributed by atoms with Crippen molar-refractivity contribution in [3.8, 4) is 0 Å². The highest BCUT2D eigenvalue weighted by Crippen LogP contribution is 2.20. The molecule has 0 radical (unpaired) electrons. The topological polar surface area (TPSA) is 15.3 Å². The van der Waals surface area contributed by atoms with E-state index in [2.05, 4.69) is 71.9 Å². The van der Waals surface area contributed by atoms with Crippen molar-refractivity contribution < 1.29 is 0 Å². The van der Waals surface area contributed by atoms with Gasteiger partial charge in [0.1, 0.15) is 0 Å². The number of hydrogen-bond acceptors (Lipinski definition) is 2. The summed E-state index contributed by atoms with van der Waals surface area (Å²) in [5, 5.41) is 3.22. The minimum atomic E-state index is 0.898. The molecule has 0 aromatic heterocycles. The third kappa shape index (κ3) is 3.11. The van der Waals surface area contributed by atoms with Gasteiger partial charge in [-0.25, -0.2) is 0 Å². The largest absolute Gasteiger partial charge is 0.370 e. The van der Waals surface area contributed by atoms with Crippen LogP contribution in [0.4, 0.5) is 5.69 Å². The van der Waals surface area contributed by atoms with Crippen LogP contribution in [-0.2, 0) is 13.1 Å². The second-order valence-electron chi connectivity index (χ2n) is 4.50. The van der Waals surface area contributed by atoms with E-state index in [1.54, 1.807) is 0 Å². The molecular formula is C16H20N2. The number of rotatable bonds is 5. The Balaban J connectivity index is 2.16. The molecular weight excluding hydrogens is 220 g/mol. The lowest BCUT2D eigenvalue weighted by atomic mass is 10.1. The molecule has 0 fully saturated rings. The maximum atomic E-state index is 3.22. The van der Waals surface area contributed by atoms with Gasteiger partial charge in [0.2, 0.25) is 0 Å². The van der Waals surface area contributed by atoms with Gasteiger partial charge < -0.3 is 10.2 Å². The predicted octanol–water partition coefficient (Wildman–Crippen LogP) is 3.04. The molecule has 1 N–H and O–H groups in total. The van der Waals surface area contributed by atoms with Crippen LogP contribution >= 0.6 is 0 Å². The number of para-hydroxylation sites is 1. The molecule has 0 bridgehead atoms. The van der Waals surface area contributed by atoms with Gasteiger partial charge in [0.05, 0.1) is 0 Å². The van der Waals surface area contributed by atoms with Crippen LogP contribution in [0, 0.1) is 0 Å². The molecule has 0 aliphatic rings. The highest BCUT2D eigenvalue weighted by molar-refractivity contribution is 5.53. The average molecular weight is 240 g/mol. The Morgan fingerprint density at radius 1 is 0.944 bits per heavy atom. The molecule has 2 aromatic rings. The van der Waals surface area contributed by atoms with Gasteiger partial charge in [-0.05, 0) is 24.2 Å². The first kappa shape index (κ1) is 12.7. The maximum Gasteiger partial charge on any atom is 0.0426 e. The normalized spacial score (nSPS) is 10.3. The van der Waals surface area contributed by atoms with E-state index in [0.29, 0.717) is 0 Å². The summed E-state index contributed by atoms with van der Waals surface area (Å²) in [4.78, 5) is 2.29. The summed E-state index contributed by atoms with van der Waals surface area (Å²) in [7, 11) is 4.12. The molecule has 2 rings (SSSR count). The number of hydrogen-bond donors (Lipinski definition) is 1. The van der Waals surface area contributed by atoms with Crippen molar-refractivity contribution in [2.24, 2.45) is 0 Å². The van der Waals surface area contributed by atoms with Crippen molar-refractivity contribution in [2.75, 3.05) is 19.0 Å². The van der Waals surface area contributed by atoms with E-state index in [1.807, 2.05) is 7.05 Å². The Labute approximate surface area is 109 Å². The minimum absolute atomic E-state index is 0.898. The Kier molecular flexibility index (Phi) is 4.37. The second kappa shape index (κ2) is 6.22. The summed E-state index contributed by atoms with van der Waals surface area (Å²) in [6, 6.07) is 19.1. The second-order valence-corrected chi connectivity index (χ2v) is 4.50. The number of nitrogens with zero attached hydrogens (tertiary/aromatic N) is 1. The predicted molar refractivity (Wildman–Crippen MR) is 77.8 cm³/mol. The molecule has 2 nitrogen and oxygen atoms in total. The third-order valence-electron chi connectivity index (χ3n) is 3.03. The third-order valence-corrected chi connectivity index (χ3v) is 3.03. The molecule has 0 unspecified atom stereocenters. The van der Waals surface area contributed by atoms with Crippen molar-refractivity contribution in [1.29, 1.82) is 0 Å². The van der Waals surface area contributed by atoms with Gasteiger partial charge in [-0.2, -0.15) is 0 Å². The standard InChI is InChI=1S/C16H20N2/c1-17-12-15-10-6-7-11-16(15)18(2)13-14-8-4-3-5-9-14/h3-11,17H,12-13H2,1-2H3. The van der Waals surface area contributed by atoms with Crippen LogP contribution < -0.4 is 10.2 Å². The van der Waals surface area contributed by atoms with Crippen LogP contribution in [-0.4, -0.2) is 14.1 Å². The summed E-state index contributed by atoms with van der Waals surface area (Å²) in [5.41, 5.74) is 3.95. The van der Waals surface area contributed by atoms with E-state index in [0.717, 1.165) is 13.1 Å². The molecule has 0 aliphatic carbocycles. The minimum Gasteiger partial charge on any atom is -0.370 e. The van der Waals surface area contributed by atoms with Crippen LogP contribution in [0.3, 0.4) is 0 Å². The molecule has 0 heterocycles. The summed E-state index contributed by atoms with van der Waals surface area (Å²) < 4.78 is 0. The van der Waals surface area contributed by atoms with E-state index in [-0.39, 0.29) is 0 Å². The lowest BCUT2D eigenvalue weighted by molar-refractivity contribution is 0.805. The first-order valence-electron chi connectivity index (χ1n) is 6.29. The summed E-state index contributed by atoms with van der Waals surface area (Å²) in [6.07, 6.45) is 0. The molecule has 0 aliphatic heterocycles. The molecule has 94 valence electrons. The van der Waals surface area contributed by atoms with E-state index >= 15 is 0 Å². The number of anilines is 1. The van der Waals surface area contributed by atoms with Crippen LogP contribution in [0.5, 0.6) is 0 Å². The van der Waals surface area contributed by atoms with Crippen LogP contribution in [0.15, 0.2) is 54.6 Å². The Bertz CT molecular complexity index is 479. The van der Waals surface area contributed by atoms with Crippen LogP contribution in [0.1, 0.15) is 11.1 Å². The number of nitrogens with one attached hydrogen (secondary N) is 1. The van der Waals surface area contributed by atoms with E-state index < -0.39 is 0 Å². The van der Waals surface area contributed by atoms with Gasteiger partial charge in [-0.1, -0.05) is 48.5 Å². The van der Waals surface area contributed by atoms with Gasteiger partial charge in [0.25, 0.3) is 0 Å². The molecule has 2 heteroatoms. The van der Waals surface area contributed by atoms with E-state index in [4.69, 9.17) is 0 Å². The van der Waals surface area contributed by atoms with Crippen molar-refractivity contribution in [1.82, 2.24) is 5.32 Å². The zero-order chi connectivity index (χ0) is 12.8. The van der Waals surface area contributed by atoms with Gasteiger partial charge in [-0.15, -0.1) is 0 Å². The molecule has 0 saturated heterocycles. The molecule has 0 amide bonds. The van der Waals surface area contributed by atoms with Crippen LogP contribution in [0.2, 0.25) is 0 Å². The summed E-state index contributed by atoms with van der Waals surface area (Å²) in [6.45, 7) is 1.83. The van der Waals surface area contributed by atoms with Crippen molar-refractivity contribution in [3.05, 3.63) is 65.7 Å². The average Bonchev–Trinajstić information content (AvgIpc) is 2.41. The highest BCUT2D eigenvalue weighted by atomic mass is 15.1. The van der Waals surface area contributed by atoms with Crippen molar-refractivity contribution >= 4 is 5.69 Å². The Hall–Kier alpha value is -1.80. The Morgan fingerprint density at radius 2 is 1.61 bits per heavy atom. The molecule has 0 saturated carbocycles. The lowest BCUT2D eigenvalue weighted by Crippen LogP contribution is -2.19. The van der Waals surface area contributed by atoms with Gasteiger partial charge >= 0.3 is 0 Å². The van der Waals surface area contributed by atoms with E-state index in [9.17, 15) is 0 Å². The molecule has 0 spiro atoms. The molecule has 2 aromatic carbocycles. The SMILES string of the molecule is CNCc1ccccc1N(C)Cc1ccccc1. The lowest BCUT2D eigenvalue weighted by Gasteiger charge is -2.22. The zero-order valence-corrected chi connectivity index (χ0v) is 11.1.